The molecule has 1 amide bonds. The van der Waals surface area contributed by atoms with Crippen LogP contribution < -0.4 is 15.5 Å². The maximum atomic E-state index is 12.4. The van der Waals surface area contributed by atoms with Gasteiger partial charge in [-0.25, -0.2) is 0 Å². The first kappa shape index (κ1) is 18.6. The molecule has 4 atom stereocenters. The third-order valence-electron chi connectivity index (χ3n) is 5.68. The second-order valence-corrected chi connectivity index (χ2v) is 7.24. The molecule has 1 aromatic rings. The third kappa shape index (κ3) is 4.17. The Hall–Kier alpha value is -1.14. The van der Waals surface area contributed by atoms with Crippen molar-refractivity contribution in [3.63, 3.8) is 0 Å². The molecule has 25 heavy (non-hydrogen) atoms. The van der Waals surface area contributed by atoms with Crippen molar-refractivity contribution in [1.29, 1.82) is 0 Å². The summed E-state index contributed by atoms with van der Waals surface area (Å²) >= 11 is 0. The van der Waals surface area contributed by atoms with E-state index in [0.717, 1.165) is 32.0 Å². The average molecular weight is 366 g/mol. The topological polar surface area (TPSA) is 53.6 Å². The van der Waals surface area contributed by atoms with Crippen LogP contribution in [0, 0.1) is 5.92 Å². The van der Waals surface area contributed by atoms with Gasteiger partial charge < -0.3 is 20.3 Å². The molecule has 3 fully saturated rings. The van der Waals surface area contributed by atoms with E-state index in [-0.39, 0.29) is 24.4 Å². The van der Waals surface area contributed by atoms with Crippen molar-refractivity contribution < 1.29 is 9.53 Å². The molecular formula is C19H28ClN3O2. The number of para-hydroxylation sites is 1. The van der Waals surface area contributed by atoms with Crippen LogP contribution in [0.3, 0.4) is 0 Å². The number of amides is 1. The molecule has 1 aliphatic carbocycles. The van der Waals surface area contributed by atoms with Gasteiger partial charge in [0, 0.05) is 43.3 Å². The molecule has 0 bridgehead atoms. The molecule has 5 nitrogen and oxygen atoms in total. The number of benzene rings is 1. The summed E-state index contributed by atoms with van der Waals surface area (Å²) in [5.41, 5.74) is 1.01. The fourth-order valence-electron chi connectivity index (χ4n) is 4.52. The van der Waals surface area contributed by atoms with Crippen molar-refractivity contribution >= 4 is 24.0 Å². The minimum atomic E-state index is 0. The number of rotatable bonds is 4. The normalized spacial score (nSPS) is 32.6. The Kier molecular flexibility index (Phi) is 6.34. The molecule has 2 N–H and O–H groups in total. The largest absolute Gasteiger partial charge is 0.379 e. The number of hydrogen-bond acceptors (Lipinski definition) is 4. The maximum absolute atomic E-state index is 12.4. The number of nitrogens with one attached hydrogen (secondary N) is 2. The smallest absolute Gasteiger partial charge is 0.228 e. The van der Waals surface area contributed by atoms with E-state index >= 15 is 0 Å². The second kappa shape index (κ2) is 8.49. The van der Waals surface area contributed by atoms with Gasteiger partial charge in [0.2, 0.25) is 5.91 Å². The quantitative estimate of drug-likeness (QED) is 0.856. The van der Waals surface area contributed by atoms with Gasteiger partial charge in [0.05, 0.1) is 13.2 Å². The number of carbonyl (C=O) groups is 1. The summed E-state index contributed by atoms with van der Waals surface area (Å²) in [5, 5.41) is 7.41. The maximum Gasteiger partial charge on any atom is 0.228 e. The van der Waals surface area contributed by atoms with Crippen molar-refractivity contribution in [2.24, 2.45) is 5.92 Å². The van der Waals surface area contributed by atoms with Crippen LogP contribution in [0.2, 0.25) is 0 Å². The van der Waals surface area contributed by atoms with Crippen LogP contribution in [0.25, 0.3) is 0 Å². The molecule has 2 saturated heterocycles. The highest BCUT2D eigenvalue weighted by Crippen LogP contribution is 2.31. The van der Waals surface area contributed by atoms with Crippen molar-refractivity contribution in [3.05, 3.63) is 30.3 Å². The lowest BCUT2D eigenvalue weighted by molar-refractivity contribution is -0.117. The Morgan fingerprint density at radius 1 is 1.20 bits per heavy atom. The van der Waals surface area contributed by atoms with E-state index in [0.29, 0.717) is 24.4 Å². The van der Waals surface area contributed by atoms with Gasteiger partial charge in [-0.3, -0.25) is 4.79 Å². The first-order valence-electron chi connectivity index (χ1n) is 9.24. The van der Waals surface area contributed by atoms with Crippen molar-refractivity contribution in [3.8, 4) is 0 Å². The van der Waals surface area contributed by atoms with Crippen molar-refractivity contribution in [2.75, 3.05) is 31.2 Å². The lowest BCUT2D eigenvalue weighted by Gasteiger charge is -2.34. The summed E-state index contributed by atoms with van der Waals surface area (Å²) in [6.07, 6.45) is 4.33. The lowest BCUT2D eigenvalue weighted by Crippen LogP contribution is -2.52. The number of anilines is 1. The average Bonchev–Trinajstić information content (AvgIpc) is 3.23. The molecule has 4 rings (SSSR count). The number of halogens is 1. The second-order valence-electron chi connectivity index (χ2n) is 7.24. The highest BCUT2D eigenvalue weighted by molar-refractivity contribution is 5.96. The van der Waals surface area contributed by atoms with Crippen LogP contribution >= 0.6 is 12.4 Å². The minimum Gasteiger partial charge on any atom is -0.379 e. The zero-order chi connectivity index (χ0) is 16.4. The zero-order valence-corrected chi connectivity index (χ0v) is 15.3. The number of morpholine rings is 1. The van der Waals surface area contributed by atoms with Crippen molar-refractivity contribution in [1.82, 2.24) is 10.6 Å². The van der Waals surface area contributed by atoms with E-state index in [1.54, 1.807) is 0 Å². The molecule has 3 aliphatic rings. The van der Waals surface area contributed by atoms with Gasteiger partial charge in [-0.05, 0) is 30.9 Å². The van der Waals surface area contributed by atoms with Crippen LogP contribution in [0.1, 0.15) is 25.7 Å². The molecule has 0 radical (unpaired) electrons. The highest BCUT2D eigenvalue weighted by atomic mass is 35.5. The number of hydrogen-bond donors (Lipinski definition) is 2. The number of ether oxygens (including phenoxy) is 1. The molecule has 2 aliphatic heterocycles. The van der Waals surface area contributed by atoms with Gasteiger partial charge in [0.1, 0.15) is 0 Å². The Labute approximate surface area is 155 Å². The molecule has 138 valence electrons. The van der Waals surface area contributed by atoms with Gasteiger partial charge in [-0.1, -0.05) is 24.6 Å². The van der Waals surface area contributed by atoms with Crippen LogP contribution in [0.4, 0.5) is 5.69 Å². The van der Waals surface area contributed by atoms with Crippen molar-refractivity contribution in [2.45, 2.75) is 43.8 Å². The summed E-state index contributed by atoms with van der Waals surface area (Å²) in [6, 6.07) is 11.2. The summed E-state index contributed by atoms with van der Waals surface area (Å²) in [6.45, 7) is 3.38. The molecule has 6 heteroatoms. The molecule has 0 aromatic heterocycles. The Balaban J connectivity index is 0.00000182. The van der Waals surface area contributed by atoms with Gasteiger partial charge in [0.15, 0.2) is 0 Å². The van der Waals surface area contributed by atoms with E-state index in [4.69, 9.17) is 4.74 Å². The van der Waals surface area contributed by atoms with Crippen LogP contribution in [0.5, 0.6) is 0 Å². The van der Waals surface area contributed by atoms with E-state index in [1.807, 2.05) is 35.2 Å². The van der Waals surface area contributed by atoms with Crippen LogP contribution in [0.15, 0.2) is 30.3 Å². The van der Waals surface area contributed by atoms with Crippen LogP contribution in [-0.2, 0) is 9.53 Å². The molecule has 4 unspecified atom stereocenters. The highest BCUT2D eigenvalue weighted by Gasteiger charge is 2.38. The number of carbonyl (C=O) groups excluding carboxylic acids is 1. The molecule has 1 saturated carbocycles. The van der Waals surface area contributed by atoms with Gasteiger partial charge in [0.25, 0.3) is 0 Å². The molecule has 2 heterocycles. The fourth-order valence-corrected chi connectivity index (χ4v) is 4.52. The van der Waals surface area contributed by atoms with E-state index in [1.165, 1.54) is 19.3 Å². The van der Waals surface area contributed by atoms with Gasteiger partial charge in [-0.2, -0.15) is 0 Å². The number of nitrogens with zero attached hydrogens (tertiary/aromatic N) is 1. The van der Waals surface area contributed by atoms with E-state index in [9.17, 15) is 4.79 Å². The predicted molar refractivity (Wildman–Crippen MR) is 101 cm³/mol. The fraction of sp³-hybridized carbons (Fsp3) is 0.632. The van der Waals surface area contributed by atoms with E-state index in [2.05, 4.69) is 10.6 Å². The monoisotopic (exact) mass is 365 g/mol. The first-order valence-corrected chi connectivity index (χ1v) is 9.24. The minimum absolute atomic E-state index is 0. The summed E-state index contributed by atoms with van der Waals surface area (Å²) in [4.78, 5) is 14.3. The van der Waals surface area contributed by atoms with Crippen LogP contribution in [-0.4, -0.2) is 50.3 Å². The summed E-state index contributed by atoms with van der Waals surface area (Å²) in [5.74, 6) is 0.846. The lowest BCUT2D eigenvalue weighted by atomic mass is 9.93. The summed E-state index contributed by atoms with van der Waals surface area (Å²) in [7, 11) is 0. The standard InChI is InChI=1S/C19H27N3O2.ClH/c23-19-11-14(12-22(19)15-5-2-1-3-6-15)21-17-8-4-7-16(17)18-13-24-10-9-20-18;/h1-3,5-6,14,16-18,20-21H,4,7-13H2;1H. The first-order chi connectivity index (χ1) is 11.8. The Bertz CT molecular complexity index is 565. The molecular weight excluding hydrogens is 338 g/mol. The Morgan fingerprint density at radius 2 is 2.04 bits per heavy atom. The summed E-state index contributed by atoms with van der Waals surface area (Å²) < 4.78 is 5.65. The third-order valence-corrected chi connectivity index (χ3v) is 5.68. The SMILES string of the molecule is Cl.O=C1CC(NC2CCCC2C2COCCN2)CN1c1ccccc1. The van der Waals surface area contributed by atoms with Gasteiger partial charge >= 0.3 is 0 Å². The Morgan fingerprint density at radius 3 is 2.80 bits per heavy atom. The molecule has 1 aromatic carbocycles. The van der Waals surface area contributed by atoms with E-state index < -0.39 is 0 Å². The van der Waals surface area contributed by atoms with Gasteiger partial charge in [-0.15, -0.1) is 12.4 Å². The predicted octanol–water partition coefficient (Wildman–Crippen LogP) is 1.96. The molecule has 0 spiro atoms. The zero-order valence-electron chi connectivity index (χ0n) is 14.5.